The van der Waals surface area contributed by atoms with Crippen LogP contribution in [0.2, 0.25) is 5.02 Å². The number of urea groups is 1. The van der Waals surface area contributed by atoms with E-state index in [1.165, 1.54) is 7.11 Å². The molecular weight excluding hydrogens is 272 g/mol. The van der Waals surface area contributed by atoms with Crippen LogP contribution >= 0.6 is 11.6 Å². The highest BCUT2D eigenvalue weighted by Crippen LogP contribution is 2.08. The topological polar surface area (TPSA) is 87.7 Å². The van der Waals surface area contributed by atoms with Gasteiger partial charge in [0, 0.05) is 18.7 Å². The number of ether oxygens (including phenoxy) is 1. The van der Waals surface area contributed by atoms with Crippen molar-refractivity contribution in [2.24, 2.45) is 0 Å². The maximum Gasteiger partial charge on any atom is 0.334 e. The second kappa shape index (κ2) is 7.60. The summed E-state index contributed by atoms with van der Waals surface area (Å²) < 4.78 is 4.68. The summed E-state index contributed by atoms with van der Waals surface area (Å²) in [6.07, 6.45) is -1.05. The van der Waals surface area contributed by atoms with Gasteiger partial charge >= 0.3 is 12.0 Å². The molecule has 0 aliphatic heterocycles. The number of hydrogen-bond donors (Lipinski definition) is 3. The van der Waals surface area contributed by atoms with E-state index in [-0.39, 0.29) is 6.54 Å². The molecule has 0 radical (unpaired) electrons. The fraction of sp³-hybridized carbons (Fsp3) is 0.333. The second-order valence-corrected chi connectivity index (χ2v) is 4.19. The Hall–Kier alpha value is -1.79. The molecule has 0 aliphatic rings. The summed E-state index contributed by atoms with van der Waals surface area (Å²) in [6.45, 7) is 0.228. The molecule has 0 aliphatic carbocycles. The van der Waals surface area contributed by atoms with Crippen molar-refractivity contribution < 1.29 is 19.4 Å². The third-order valence-electron chi connectivity index (χ3n) is 2.37. The summed E-state index contributed by atoms with van der Waals surface area (Å²) in [7, 11) is 1.27. The van der Waals surface area contributed by atoms with E-state index in [0.717, 1.165) is 5.56 Å². The molecule has 1 atom stereocenters. The molecule has 19 heavy (non-hydrogen) atoms. The Balaban J connectivity index is 2.31. The van der Waals surface area contributed by atoms with Crippen molar-refractivity contribution in [3.63, 3.8) is 0 Å². The second-order valence-electron chi connectivity index (χ2n) is 3.75. The molecule has 0 spiro atoms. The summed E-state index contributed by atoms with van der Waals surface area (Å²) in [4.78, 5) is 22.1. The van der Waals surface area contributed by atoms with Crippen LogP contribution in [0.3, 0.4) is 0 Å². The summed E-state index contributed by atoms with van der Waals surface area (Å²) in [6, 6.07) is 6.57. The average Bonchev–Trinajstić information content (AvgIpc) is 2.38. The van der Waals surface area contributed by atoms with E-state index < -0.39 is 18.1 Å². The molecule has 0 fully saturated rings. The lowest BCUT2D eigenvalue weighted by molar-refractivity contribution is -0.147. The molecule has 2 amide bonds. The highest BCUT2D eigenvalue weighted by molar-refractivity contribution is 6.30. The van der Waals surface area contributed by atoms with Gasteiger partial charge in [-0.25, -0.2) is 9.59 Å². The minimum atomic E-state index is -1.12. The van der Waals surface area contributed by atoms with Gasteiger partial charge in [0.15, 0.2) is 6.10 Å². The molecule has 1 unspecified atom stereocenters. The number of halogens is 1. The van der Waals surface area contributed by atoms with E-state index in [9.17, 15) is 9.59 Å². The van der Waals surface area contributed by atoms with Gasteiger partial charge in [-0.05, 0) is 17.7 Å². The van der Waals surface area contributed by atoms with E-state index in [0.29, 0.717) is 11.6 Å². The SMILES string of the molecule is COC(CNC(=O)NCc1ccc(Cl)cc1)C(=O)O. The maximum atomic E-state index is 11.4. The van der Waals surface area contributed by atoms with Gasteiger partial charge in [0.05, 0.1) is 6.54 Å². The van der Waals surface area contributed by atoms with Gasteiger partial charge < -0.3 is 20.5 Å². The van der Waals surface area contributed by atoms with Gasteiger partial charge in [-0.15, -0.1) is 0 Å². The maximum absolute atomic E-state index is 11.4. The van der Waals surface area contributed by atoms with Crippen LogP contribution in [0.1, 0.15) is 5.56 Å². The van der Waals surface area contributed by atoms with Crippen LogP contribution < -0.4 is 10.6 Å². The molecule has 0 saturated carbocycles. The predicted molar refractivity (Wildman–Crippen MR) is 70.1 cm³/mol. The minimum Gasteiger partial charge on any atom is -0.479 e. The Morgan fingerprint density at radius 3 is 2.47 bits per heavy atom. The van der Waals surface area contributed by atoms with Crippen LogP contribution in [0.25, 0.3) is 0 Å². The number of amides is 2. The molecule has 0 saturated heterocycles. The Morgan fingerprint density at radius 1 is 1.32 bits per heavy atom. The first-order chi connectivity index (χ1) is 9.02. The number of nitrogens with one attached hydrogen (secondary N) is 2. The molecule has 0 bridgehead atoms. The third-order valence-corrected chi connectivity index (χ3v) is 2.63. The molecule has 104 valence electrons. The molecule has 1 rings (SSSR count). The quantitative estimate of drug-likeness (QED) is 0.734. The fourth-order valence-corrected chi connectivity index (χ4v) is 1.43. The van der Waals surface area contributed by atoms with Crippen molar-refractivity contribution >= 4 is 23.6 Å². The summed E-state index contributed by atoms with van der Waals surface area (Å²) in [5.74, 6) is -1.12. The number of methoxy groups -OCH3 is 1. The fourth-order valence-electron chi connectivity index (χ4n) is 1.30. The molecule has 1 aromatic rings. The van der Waals surface area contributed by atoms with Crippen molar-refractivity contribution in [3.05, 3.63) is 34.9 Å². The van der Waals surface area contributed by atoms with Crippen molar-refractivity contribution in [1.82, 2.24) is 10.6 Å². The number of carboxylic acids is 1. The highest BCUT2D eigenvalue weighted by Gasteiger charge is 2.16. The molecule has 7 heteroatoms. The summed E-state index contributed by atoms with van der Waals surface area (Å²) >= 11 is 5.74. The van der Waals surface area contributed by atoms with Crippen molar-refractivity contribution in [3.8, 4) is 0 Å². The van der Waals surface area contributed by atoms with Crippen LogP contribution in [0.15, 0.2) is 24.3 Å². The smallest absolute Gasteiger partial charge is 0.334 e. The van der Waals surface area contributed by atoms with Crippen molar-refractivity contribution in [2.75, 3.05) is 13.7 Å². The predicted octanol–water partition coefficient (Wildman–Crippen LogP) is 1.24. The van der Waals surface area contributed by atoms with E-state index in [4.69, 9.17) is 16.7 Å². The molecule has 6 nitrogen and oxygen atoms in total. The van der Waals surface area contributed by atoms with Gasteiger partial charge in [0.1, 0.15) is 0 Å². The average molecular weight is 287 g/mol. The Labute approximate surface area is 115 Å². The minimum absolute atomic E-state index is 0.0989. The lowest BCUT2D eigenvalue weighted by Gasteiger charge is -2.12. The first kappa shape index (κ1) is 15.3. The summed E-state index contributed by atoms with van der Waals surface area (Å²) in [5.41, 5.74) is 0.890. The van der Waals surface area contributed by atoms with Gasteiger partial charge in [-0.1, -0.05) is 23.7 Å². The number of carbonyl (C=O) groups is 2. The standard InChI is InChI=1S/C12H15ClN2O4/c1-19-10(11(16)17)7-15-12(18)14-6-8-2-4-9(13)5-3-8/h2-5,10H,6-7H2,1H3,(H,16,17)(H2,14,15,18). The normalized spacial score (nSPS) is 11.7. The first-order valence-electron chi connectivity index (χ1n) is 5.54. The monoisotopic (exact) mass is 286 g/mol. The zero-order valence-electron chi connectivity index (χ0n) is 10.4. The van der Waals surface area contributed by atoms with Gasteiger partial charge in [-0.2, -0.15) is 0 Å². The lowest BCUT2D eigenvalue weighted by Crippen LogP contribution is -2.42. The molecule has 0 aromatic heterocycles. The van der Waals surface area contributed by atoms with Gasteiger partial charge in [0.25, 0.3) is 0 Å². The molecule has 1 aromatic carbocycles. The molecule has 0 heterocycles. The number of hydrogen-bond acceptors (Lipinski definition) is 3. The van der Waals surface area contributed by atoms with Gasteiger partial charge in [-0.3, -0.25) is 0 Å². The van der Waals surface area contributed by atoms with Gasteiger partial charge in [0.2, 0.25) is 0 Å². The molecule has 3 N–H and O–H groups in total. The van der Waals surface area contributed by atoms with Crippen LogP contribution in [-0.4, -0.2) is 36.9 Å². The van der Waals surface area contributed by atoms with E-state index in [1.807, 2.05) is 0 Å². The highest BCUT2D eigenvalue weighted by atomic mass is 35.5. The van der Waals surface area contributed by atoms with E-state index >= 15 is 0 Å². The summed E-state index contributed by atoms with van der Waals surface area (Å²) in [5, 5.41) is 14.3. The Kier molecular flexibility index (Phi) is 6.11. The first-order valence-corrected chi connectivity index (χ1v) is 5.92. The molecular formula is C12H15ClN2O4. The third kappa shape index (κ3) is 5.58. The number of aliphatic carboxylic acids is 1. The zero-order valence-corrected chi connectivity index (χ0v) is 11.1. The van der Waals surface area contributed by atoms with Crippen LogP contribution in [0.4, 0.5) is 4.79 Å². The van der Waals surface area contributed by atoms with Crippen LogP contribution in [-0.2, 0) is 16.1 Å². The number of rotatable bonds is 6. The van der Waals surface area contributed by atoms with Crippen molar-refractivity contribution in [1.29, 1.82) is 0 Å². The zero-order chi connectivity index (χ0) is 14.3. The van der Waals surface area contributed by atoms with Crippen LogP contribution in [0, 0.1) is 0 Å². The Bertz CT molecular complexity index is 436. The largest absolute Gasteiger partial charge is 0.479 e. The van der Waals surface area contributed by atoms with Crippen LogP contribution in [0.5, 0.6) is 0 Å². The van der Waals surface area contributed by atoms with E-state index in [2.05, 4.69) is 15.4 Å². The number of carbonyl (C=O) groups excluding carboxylic acids is 1. The number of carboxylic acid groups (broad SMARTS) is 1. The van der Waals surface area contributed by atoms with Crippen molar-refractivity contribution in [2.45, 2.75) is 12.6 Å². The lowest BCUT2D eigenvalue weighted by atomic mass is 10.2. The Morgan fingerprint density at radius 2 is 1.95 bits per heavy atom. The number of benzene rings is 1. The van der Waals surface area contributed by atoms with E-state index in [1.54, 1.807) is 24.3 Å².